The molecular weight excluding hydrogens is 243 g/mol. The van der Waals surface area contributed by atoms with Crippen LogP contribution in [0.25, 0.3) is 0 Å². The maximum absolute atomic E-state index is 12.8. The van der Waals surface area contributed by atoms with Crippen molar-refractivity contribution in [1.29, 1.82) is 0 Å². The van der Waals surface area contributed by atoms with Gasteiger partial charge in [-0.05, 0) is 32.9 Å². The van der Waals surface area contributed by atoms with Gasteiger partial charge in [0.15, 0.2) is 0 Å². The summed E-state index contributed by atoms with van der Waals surface area (Å²) < 4.78 is 43.7. The van der Waals surface area contributed by atoms with E-state index >= 15 is 0 Å². The quantitative estimate of drug-likeness (QED) is 0.886. The summed E-state index contributed by atoms with van der Waals surface area (Å²) in [7, 11) is 1.54. The van der Waals surface area contributed by atoms with Crippen molar-refractivity contribution in [2.24, 2.45) is 0 Å². The lowest BCUT2D eigenvalue weighted by Gasteiger charge is -2.32. The first kappa shape index (κ1) is 14.8. The average Bonchev–Trinajstić information content (AvgIpc) is 2.28. The fourth-order valence-corrected chi connectivity index (χ4v) is 1.44. The highest BCUT2D eigenvalue weighted by molar-refractivity contribution is 5.53. The number of hydrogen-bond acceptors (Lipinski definition) is 2. The molecular formula is C13H18F3NO. The second-order valence-corrected chi connectivity index (χ2v) is 4.72. The first-order valence-electron chi connectivity index (χ1n) is 5.66. The van der Waals surface area contributed by atoms with Crippen molar-refractivity contribution >= 4 is 5.69 Å². The van der Waals surface area contributed by atoms with Crippen LogP contribution < -0.4 is 5.32 Å². The Kier molecular flexibility index (Phi) is 4.27. The van der Waals surface area contributed by atoms with Gasteiger partial charge < -0.3 is 10.1 Å². The molecule has 0 aliphatic carbocycles. The molecule has 0 saturated carbocycles. The van der Waals surface area contributed by atoms with Crippen molar-refractivity contribution in [2.45, 2.75) is 38.6 Å². The van der Waals surface area contributed by atoms with E-state index in [1.165, 1.54) is 19.2 Å². The van der Waals surface area contributed by atoms with Crippen LogP contribution in [-0.4, -0.2) is 18.8 Å². The number of rotatable bonds is 4. The fraction of sp³-hybridized carbons (Fsp3) is 0.538. The van der Waals surface area contributed by atoms with E-state index in [9.17, 15) is 13.2 Å². The summed E-state index contributed by atoms with van der Waals surface area (Å²) in [5.41, 5.74) is -1.15. The van der Waals surface area contributed by atoms with Crippen LogP contribution in [0.5, 0.6) is 0 Å². The highest BCUT2D eigenvalue weighted by Gasteiger charge is 2.34. The number of hydrogen-bond donors (Lipinski definition) is 1. The first-order chi connectivity index (χ1) is 8.18. The van der Waals surface area contributed by atoms with Gasteiger partial charge in [0.2, 0.25) is 0 Å². The molecule has 0 fully saturated rings. The molecule has 1 atom stereocenters. The highest BCUT2D eigenvalue weighted by Crippen LogP contribution is 2.35. The molecule has 18 heavy (non-hydrogen) atoms. The molecule has 0 aliphatic heterocycles. The van der Waals surface area contributed by atoms with Gasteiger partial charge in [0.1, 0.15) is 0 Å². The smallest absolute Gasteiger partial charge is 0.379 e. The normalized spacial score (nSPS) is 14.4. The van der Waals surface area contributed by atoms with Gasteiger partial charge in [-0.2, -0.15) is 13.2 Å². The monoisotopic (exact) mass is 261 g/mol. The minimum Gasteiger partial charge on any atom is -0.379 e. The van der Waals surface area contributed by atoms with Crippen LogP contribution in [0.15, 0.2) is 24.3 Å². The average molecular weight is 261 g/mol. The third kappa shape index (κ3) is 3.38. The molecule has 2 nitrogen and oxygen atoms in total. The van der Waals surface area contributed by atoms with E-state index in [2.05, 4.69) is 5.32 Å². The predicted octanol–water partition coefficient (Wildman–Crippen LogP) is 3.93. The highest BCUT2D eigenvalue weighted by atomic mass is 19.4. The number of halogens is 3. The maximum Gasteiger partial charge on any atom is 0.418 e. The number of benzene rings is 1. The number of methoxy groups -OCH3 is 1. The van der Waals surface area contributed by atoms with Gasteiger partial charge in [-0.1, -0.05) is 12.1 Å². The summed E-state index contributed by atoms with van der Waals surface area (Å²) in [6, 6.07) is 5.18. The predicted molar refractivity (Wildman–Crippen MR) is 65.6 cm³/mol. The van der Waals surface area contributed by atoms with E-state index in [1.807, 2.05) is 13.8 Å². The van der Waals surface area contributed by atoms with E-state index in [1.54, 1.807) is 13.0 Å². The molecule has 0 saturated heterocycles. The molecule has 5 heteroatoms. The Hall–Kier alpha value is -1.23. The second kappa shape index (κ2) is 5.18. The van der Waals surface area contributed by atoms with Crippen molar-refractivity contribution in [3.63, 3.8) is 0 Å². The van der Waals surface area contributed by atoms with Gasteiger partial charge in [0.05, 0.1) is 17.2 Å². The van der Waals surface area contributed by atoms with Crippen LogP contribution in [-0.2, 0) is 10.9 Å². The summed E-state index contributed by atoms with van der Waals surface area (Å²) in [6.07, 6.45) is -4.36. The lowest BCUT2D eigenvalue weighted by molar-refractivity contribution is -0.137. The number of nitrogens with one attached hydrogen (secondary N) is 1. The van der Waals surface area contributed by atoms with Crippen molar-refractivity contribution < 1.29 is 17.9 Å². The molecule has 0 radical (unpaired) electrons. The lowest BCUT2D eigenvalue weighted by Crippen LogP contribution is -2.41. The molecule has 102 valence electrons. The standard InChI is InChI=1S/C13H18F3NO/c1-9(12(2,3)18-4)17-11-8-6-5-7-10(11)13(14,15)16/h5-9,17H,1-4H3. The van der Waals surface area contributed by atoms with Crippen LogP contribution in [0.1, 0.15) is 26.3 Å². The van der Waals surface area contributed by atoms with Crippen LogP contribution in [0.3, 0.4) is 0 Å². The van der Waals surface area contributed by atoms with E-state index < -0.39 is 17.3 Å². The molecule has 1 N–H and O–H groups in total. The largest absolute Gasteiger partial charge is 0.418 e. The van der Waals surface area contributed by atoms with Crippen molar-refractivity contribution in [2.75, 3.05) is 12.4 Å². The zero-order chi connectivity index (χ0) is 14.0. The summed E-state index contributed by atoms with van der Waals surface area (Å²) in [6.45, 7) is 5.43. The third-order valence-electron chi connectivity index (χ3n) is 3.17. The van der Waals surface area contributed by atoms with Crippen LogP contribution >= 0.6 is 0 Å². The Bertz CT molecular complexity index is 401. The molecule has 0 amide bonds. The summed E-state index contributed by atoms with van der Waals surface area (Å²) in [5, 5.41) is 2.86. The minimum atomic E-state index is -4.36. The molecule has 0 spiro atoms. The van der Waals surface area contributed by atoms with Gasteiger partial charge in [0, 0.05) is 12.8 Å². The van der Waals surface area contributed by atoms with Crippen molar-refractivity contribution in [3.05, 3.63) is 29.8 Å². The van der Waals surface area contributed by atoms with E-state index in [4.69, 9.17) is 4.74 Å². The molecule has 0 bridgehead atoms. The SMILES string of the molecule is COC(C)(C)C(C)Nc1ccccc1C(F)(F)F. The zero-order valence-electron chi connectivity index (χ0n) is 10.9. The first-order valence-corrected chi connectivity index (χ1v) is 5.66. The Morgan fingerprint density at radius 3 is 2.22 bits per heavy atom. The zero-order valence-corrected chi connectivity index (χ0v) is 10.9. The van der Waals surface area contributed by atoms with Crippen molar-refractivity contribution in [3.8, 4) is 0 Å². The second-order valence-electron chi connectivity index (χ2n) is 4.72. The van der Waals surface area contributed by atoms with Gasteiger partial charge in [0.25, 0.3) is 0 Å². The number of anilines is 1. The summed E-state index contributed by atoms with van der Waals surface area (Å²) >= 11 is 0. The minimum absolute atomic E-state index is 0.0719. The molecule has 1 aromatic carbocycles. The van der Waals surface area contributed by atoms with Crippen LogP contribution in [0.4, 0.5) is 18.9 Å². The van der Waals surface area contributed by atoms with Crippen molar-refractivity contribution in [1.82, 2.24) is 0 Å². The summed E-state index contributed by atoms with van der Waals surface area (Å²) in [5.74, 6) is 0. The third-order valence-corrected chi connectivity index (χ3v) is 3.17. The van der Waals surface area contributed by atoms with Crippen LogP contribution in [0.2, 0.25) is 0 Å². The number of para-hydroxylation sites is 1. The van der Waals surface area contributed by atoms with Gasteiger partial charge in [-0.3, -0.25) is 0 Å². The lowest BCUT2D eigenvalue weighted by atomic mass is 9.99. The Morgan fingerprint density at radius 2 is 1.72 bits per heavy atom. The molecule has 1 rings (SSSR count). The topological polar surface area (TPSA) is 21.3 Å². The molecule has 0 aromatic heterocycles. The fourth-order valence-electron chi connectivity index (χ4n) is 1.44. The van der Waals surface area contributed by atoms with Gasteiger partial charge >= 0.3 is 6.18 Å². The Balaban J connectivity index is 2.99. The van der Waals surface area contributed by atoms with E-state index in [0.29, 0.717) is 0 Å². The molecule has 0 aliphatic rings. The molecule has 1 unspecified atom stereocenters. The molecule has 1 aromatic rings. The number of alkyl halides is 3. The summed E-state index contributed by atoms with van der Waals surface area (Å²) in [4.78, 5) is 0. The maximum atomic E-state index is 12.8. The van der Waals surface area contributed by atoms with Gasteiger partial charge in [-0.15, -0.1) is 0 Å². The molecule has 0 heterocycles. The van der Waals surface area contributed by atoms with E-state index in [0.717, 1.165) is 6.07 Å². The Morgan fingerprint density at radius 1 is 1.17 bits per heavy atom. The number of ether oxygens (including phenoxy) is 1. The van der Waals surface area contributed by atoms with E-state index in [-0.39, 0.29) is 11.7 Å². The Labute approximate surface area is 105 Å². The van der Waals surface area contributed by atoms with Gasteiger partial charge in [-0.25, -0.2) is 0 Å². The van der Waals surface area contributed by atoms with Crippen LogP contribution in [0, 0.1) is 0 Å².